The molecule has 10 saturated carbocycles. The molecule has 18 unspecified atom stereocenters. The van der Waals surface area contributed by atoms with Gasteiger partial charge in [-0.1, -0.05) is 116 Å². The fraction of sp³-hybridized carbons (Fsp3) is 1.00. The maximum absolute atomic E-state index is 7.77. The van der Waals surface area contributed by atoms with E-state index in [-0.39, 0.29) is 0 Å². The van der Waals surface area contributed by atoms with Crippen molar-refractivity contribution in [3.63, 3.8) is 0 Å². The molecule has 1 nitrogen and oxygen atoms in total. The summed E-state index contributed by atoms with van der Waals surface area (Å²) < 4.78 is 7.77. The molecule has 0 aromatic carbocycles. The molecule has 1 heterocycles. The van der Waals surface area contributed by atoms with Crippen molar-refractivity contribution in [3.05, 3.63) is 0 Å². The van der Waals surface area contributed by atoms with Crippen molar-refractivity contribution in [3.8, 4) is 0 Å². The molecule has 11 aliphatic rings. The van der Waals surface area contributed by atoms with Gasteiger partial charge in [-0.3, -0.25) is 0 Å². The van der Waals surface area contributed by atoms with E-state index in [0.717, 1.165) is 107 Å². The highest BCUT2D eigenvalue weighted by atomic mass is 16.5. The highest BCUT2D eigenvalue weighted by Crippen LogP contribution is 2.62. The Morgan fingerprint density at radius 3 is 1.18 bits per heavy atom. The molecule has 0 amide bonds. The Labute approximate surface area is 340 Å². The Kier molecular flexibility index (Phi) is 11.6. The average molecular weight is 753 g/mol. The first-order valence-electron chi connectivity index (χ1n) is 26.9. The Bertz CT molecular complexity index is 1240. The minimum absolute atomic E-state index is 0.636. The largest absolute Gasteiger partial charge is 0.374 e. The van der Waals surface area contributed by atoms with Crippen LogP contribution < -0.4 is 0 Å². The van der Waals surface area contributed by atoms with E-state index in [0.29, 0.717) is 12.2 Å². The van der Waals surface area contributed by atoms with Crippen LogP contribution in [-0.2, 0) is 4.74 Å². The second kappa shape index (κ2) is 16.8. The Morgan fingerprint density at radius 2 is 0.582 bits per heavy atom. The van der Waals surface area contributed by atoms with Crippen molar-refractivity contribution in [1.82, 2.24) is 0 Å². The summed E-state index contributed by atoms with van der Waals surface area (Å²) >= 11 is 0. The minimum Gasteiger partial charge on any atom is -0.374 e. The number of hydrogen-bond acceptors (Lipinski definition) is 1. The lowest BCUT2D eigenvalue weighted by Crippen LogP contribution is -2.48. The maximum atomic E-state index is 7.77. The number of ether oxygens (including phenoxy) is 1. The van der Waals surface area contributed by atoms with Crippen molar-refractivity contribution in [2.75, 3.05) is 0 Å². The molecule has 0 bridgehead atoms. The number of fused-ring (bicyclic) bond motifs is 6. The predicted molar refractivity (Wildman–Crippen MR) is 228 cm³/mol. The summed E-state index contributed by atoms with van der Waals surface area (Å²) in [6.45, 7) is 0. The third-order valence-electron chi connectivity index (χ3n) is 22.2. The van der Waals surface area contributed by atoms with Crippen LogP contribution in [0.25, 0.3) is 0 Å². The minimum atomic E-state index is 0.636. The Hall–Kier alpha value is -0.0400. The van der Waals surface area contributed by atoms with Gasteiger partial charge in [0.1, 0.15) is 0 Å². The van der Waals surface area contributed by atoms with Crippen LogP contribution in [0.4, 0.5) is 0 Å². The highest BCUT2D eigenvalue weighted by molar-refractivity contribution is 5.07. The monoisotopic (exact) mass is 753 g/mol. The molecule has 55 heavy (non-hydrogen) atoms. The number of rotatable bonds is 5. The van der Waals surface area contributed by atoms with Crippen LogP contribution in [0.2, 0.25) is 0 Å². The lowest BCUT2D eigenvalue weighted by molar-refractivity contribution is -0.0864. The van der Waals surface area contributed by atoms with Crippen molar-refractivity contribution < 1.29 is 4.74 Å². The number of hydrogen-bond donors (Lipinski definition) is 0. The molecule has 0 spiro atoms. The van der Waals surface area contributed by atoms with E-state index in [2.05, 4.69) is 0 Å². The normalized spacial score (nSPS) is 52.6. The van der Waals surface area contributed by atoms with Crippen LogP contribution in [0.1, 0.15) is 218 Å². The average Bonchev–Trinajstić information content (AvgIpc) is 3.63. The van der Waals surface area contributed by atoms with Crippen molar-refractivity contribution >= 4 is 0 Å². The van der Waals surface area contributed by atoms with Gasteiger partial charge in [-0.15, -0.1) is 0 Å². The van der Waals surface area contributed by atoms with Crippen molar-refractivity contribution in [1.29, 1.82) is 0 Å². The van der Waals surface area contributed by atoms with Gasteiger partial charge in [-0.2, -0.15) is 0 Å². The van der Waals surface area contributed by atoms with E-state index >= 15 is 0 Å². The molecule has 10 aliphatic carbocycles. The summed E-state index contributed by atoms with van der Waals surface area (Å²) in [5.41, 5.74) is 0. The van der Waals surface area contributed by atoms with E-state index in [1.807, 2.05) is 0 Å². The molecule has 1 saturated heterocycles. The van der Waals surface area contributed by atoms with E-state index in [1.54, 1.807) is 167 Å². The van der Waals surface area contributed by atoms with Gasteiger partial charge in [0, 0.05) is 0 Å². The summed E-state index contributed by atoms with van der Waals surface area (Å²) in [6.07, 6.45) is 54.7. The maximum Gasteiger partial charge on any atom is 0.0644 e. The molecule has 310 valence electrons. The Balaban J connectivity index is 0.838. The van der Waals surface area contributed by atoms with Gasteiger partial charge < -0.3 is 4.74 Å². The molecule has 0 aromatic heterocycles. The van der Waals surface area contributed by atoms with E-state index in [4.69, 9.17) is 4.74 Å². The SMILES string of the molecule is C1CCC(C2CCC3CC(C4CC(C5CCC6CCCCC6C5)CC(C5CCC(C6CCCCC6)C6C7CC8CCCCC8CC7OC56)C4)CCC3C2)CC1. The lowest BCUT2D eigenvalue weighted by Gasteiger charge is -2.53. The molecule has 0 aromatic rings. The van der Waals surface area contributed by atoms with Gasteiger partial charge >= 0.3 is 0 Å². The smallest absolute Gasteiger partial charge is 0.0644 e. The predicted octanol–water partition coefficient (Wildman–Crippen LogP) is 15.2. The summed E-state index contributed by atoms with van der Waals surface area (Å²) in [7, 11) is 0. The lowest BCUT2D eigenvalue weighted by atomic mass is 9.52. The van der Waals surface area contributed by atoms with E-state index < -0.39 is 0 Å². The molecule has 0 radical (unpaired) electrons. The molecule has 18 atom stereocenters. The van der Waals surface area contributed by atoms with Gasteiger partial charge in [0.15, 0.2) is 0 Å². The van der Waals surface area contributed by atoms with Crippen LogP contribution in [0.5, 0.6) is 0 Å². The zero-order valence-corrected chi connectivity index (χ0v) is 36.0. The summed E-state index contributed by atoms with van der Waals surface area (Å²) in [5.74, 6) is 18.7. The third kappa shape index (κ3) is 7.65. The van der Waals surface area contributed by atoms with Crippen LogP contribution in [-0.4, -0.2) is 12.2 Å². The van der Waals surface area contributed by atoms with E-state index in [9.17, 15) is 0 Å². The van der Waals surface area contributed by atoms with Crippen LogP contribution in [0, 0.1) is 107 Å². The third-order valence-corrected chi connectivity index (χ3v) is 22.2. The molecular weight excluding hydrogens is 665 g/mol. The van der Waals surface area contributed by atoms with Crippen LogP contribution in [0.3, 0.4) is 0 Å². The molecule has 1 aliphatic heterocycles. The molecule has 11 fully saturated rings. The highest BCUT2D eigenvalue weighted by Gasteiger charge is 2.58. The first kappa shape index (κ1) is 37.9. The quantitative estimate of drug-likeness (QED) is 0.272. The topological polar surface area (TPSA) is 9.23 Å². The van der Waals surface area contributed by atoms with Crippen LogP contribution >= 0.6 is 0 Å². The molecule has 0 N–H and O–H groups in total. The summed E-state index contributed by atoms with van der Waals surface area (Å²) in [6, 6.07) is 0. The molecular formula is C54H88O. The second-order valence-electron chi connectivity index (χ2n) is 24.4. The van der Waals surface area contributed by atoms with E-state index in [1.165, 1.54) is 51.4 Å². The molecule has 1 heteroatoms. The summed E-state index contributed by atoms with van der Waals surface area (Å²) in [4.78, 5) is 0. The van der Waals surface area contributed by atoms with Gasteiger partial charge in [0.25, 0.3) is 0 Å². The van der Waals surface area contributed by atoms with Gasteiger partial charge in [0.2, 0.25) is 0 Å². The zero-order valence-electron chi connectivity index (χ0n) is 36.0. The standard InChI is InChI=1S/C54H88O/c1-3-11-35(12-4-1)41-21-22-43-29-45(24-23-42(43)28-41)47-30-46(44-20-19-36-13-7-8-16-38(36)27-44)31-48(32-47)50-26-25-49(37-14-5-2-6-15-37)53-51-33-39-17-9-10-18-40(39)34-52(51)55-54(50)53/h35-54H,1-34H2. The first-order valence-corrected chi connectivity index (χ1v) is 26.9. The summed E-state index contributed by atoms with van der Waals surface area (Å²) in [5, 5.41) is 0. The Morgan fingerprint density at radius 1 is 0.218 bits per heavy atom. The second-order valence-corrected chi connectivity index (χ2v) is 24.4. The first-order chi connectivity index (χ1) is 27.2. The van der Waals surface area contributed by atoms with Crippen LogP contribution in [0.15, 0.2) is 0 Å². The fourth-order valence-corrected chi connectivity index (χ4v) is 19.6. The van der Waals surface area contributed by atoms with Gasteiger partial charge in [-0.05, 0) is 209 Å². The van der Waals surface area contributed by atoms with Gasteiger partial charge in [-0.25, -0.2) is 0 Å². The molecule has 11 rings (SSSR count). The van der Waals surface area contributed by atoms with Crippen molar-refractivity contribution in [2.45, 2.75) is 231 Å². The fourth-order valence-electron chi connectivity index (χ4n) is 19.6. The van der Waals surface area contributed by atoms with Gasteiger partial charge in [0.05, 0.1) is 12.2 Å². The van der Waals surface area contributed by atoms with Crippen molar-refractivity contribution in [2.24, 2.45) is 107 Å². The zero-order chi connectivity index (χ0) is 36.3.